The van der Waals surface area contributed by atoms with Gasteiger partial charge in [0.1, 0.15) is 5.69 Å². The topological polar surface area (TPSA) is 49.0 Å². The summed E-state index contributed by atoms with van der Waals surface area (Å²) in [5.41, 5.74) is 1.32. The van der Waals surface area contributed by atoms with E-state index in [1.54, 1.807) is 18.2 Å². The Balaban J connectivity index is 1.76. The molecule has 0 radical (unpaired) electrons. The number of benzene rings is 1. The van der Waals surface area contributed by atoms with Crippen molar-refractivity contribution in [2.24, 2.45) is 0 Å². The maximum atomic E-state index is 13.4. The molecule has 2 bridgehead atoms. The Labute approximate surface area is 146 Å². The second-order valence-corrected chi connectivity index (χ2v) is 6.54. The van der Waals surface area contributed by atoms with Gasteiger partial charge in [0.05, 0.1) is 11.8 Å². The highest BCUT2D eigenvalue weighted by molar-refractivity contribution is 6.07. The SMILES string of the molecule is CN(C(=O)c1cn[nH]c1C(F)F)c1cccc2c1C1CCC2C1=C(F)F. The average Bonchev–Trinajstić information content (AvgIpc) is 3.33. The number of allylic oxidation sites excluding steroid dienone is 1. The van der Waals surface area contributed by atoms with Crippen LogP contribution in [0.3, 0.4) is 0 Å². The Morgan fingerprint density at radius 2 is 2.00 bits per heavy atom. The van der Waals surface area contributed by atoms with E-state index in [1.807, 2.05) is 0 Å². The smallest absolute Gasteiger partial charge is 0.280 e. The molecule has 2 aliphatic rings. The molecule has 1 amide bonds. The van der Waals surface area contributed by atoms with E-state index in [-0.39, 0.29) is 17.1 Å². The van der Waals surface area contributed by atoms with Gasteiger partial charge in [0.15, 0.2) is 0 Å². The molecule has 4 rings (SSSR count). The van der Waals surface area contributed by atoms with Gasteiger partial charge in [-0.15, -0.1) is 0 Å². The first-order chi connectivity index (χ1) is 12.4. The van der Waals surface area contributed by atoms with Crippen LogP contribution in [0.2, 0.25) is 0 Å². The molecule has 1 heterocycles. The number of alkyl halides is 2. The molecule has 2 unspecified atom stereocenters. The second kappa shape index (κ2) is 5.96. The lowest BCUT2D eigenvalue weighted by Crippen LogP contribution is -2.28. The Kier molecular flexibility index (Phi) is 3.86. The van der Waals surface area contributed by atoms with Gasteiger partial charge < -0.3 is 4.90 Å². The van der Waals surface area contributed by atoms with E-state index in [0.717, 1.165) is 11.8 Å². The van der Waals surface area contributed by atoms with Gasteiger partial charge in [-0.3, -0.25) is 9.89 Å². The van der Waals surface area contributed by atoms with Crippen LogP contribution in [0.1, 0.15) is 58.3 Å². The predicted molar refractivity (Wildman–Crippen MR) is 86.7 cm³/mol. The Morgan fingerprint density at radius 1 is 1.27 bits per heavy atom. The largest absolute Gasteiger partial charge is 0.311 e. The molecule has 0 saturated heterocycles. The second-order valence-electron chi connectivity index (χ2n) is 6.54. The number of halogens is 4. The number of aromatic nitrogens is 2. The number of nitrogens with one attached hydrogen (secondary N) is 1. The number of H-pyrrole nitrogens is 1. The van der Waals surface area contributed by atoms with Crippen LogP contribution < -0.4 is 4.90 Å². The quantitative estimate of drug-likeness (QED) is 0.798. The molecule has 0 aliphatic heterocycles. The molecular weight excluding hydrogens is 350 g/mol. The number of hydrogen-bond donors (Lipinski definition) is 1. The fourth-order valence-corrected chi connectivity index (χ4v) is 4.24. The molecule has 2 aromatic rings. The van der Waals surface area contributed by atoms with Gasteiger partial charge in [-0.1, -0.05) is 12.1 Å². The van der Waals surface area contributed by atoms with Crippen LogP contribution in [0.25, 0.3) is 0 Å². The fraction of sp³-hybridized carbons (Fsp3) is 0.333. The molecule has 1 N–H and O–H groups in total. The molecule has 2 atom stereocenters. The maximum absolute atomic E-state index is 13.4. The van der Waals surface area contributed by atoms with Crippen LogP contribution in [-0.4, -0.2) is 23.2 Å². The number of nitrogens with zero attached hydrogens (tertiary/aromatic N) is 2. The summed E-state index contributed by atoms with van der Waals surface area (Å²) in [6.07, 6.45) is -2.22. The third-order valence-corrected chi connectivity index (χ3v) is 5.34. The fourth-order valence-electron chi connectivity index (χ4n) is 4.24. The monoisotopic (exact) mass is 365 g/mol. The van der Waals surface area contributed by atoms with Gasteiger partial charge in [0.25, 0.3) is 18.4 Å². The summed E-state index contributed by atoms with van der Waals surface area (Å²) < 4.78 is 52.9. The minimum atomic E-state index is -2.86. The number of amides is 1. The number of aromatic amines is 1. The third-order valence-electron chi connectivity index (χ3n) is 5.34. The van der Waals surface area contributed by atoms with E-state index in [0.29, 0.717) is 24.1 Å². The van der Waals surface area contributed by atoms with Crippen molar-refractivity contribution in [1.29, 1.82) is 0 Å². The normalized spacial score (nSPS) is 20.6. The van der Waals surface area contributed by atoms with Gasteiger partial charge in [0.2, 0.25) is 0 Å². The zero-order valence-electron chi connectivity index (χ0n) is 13.8. The summed E-state index contributed by atoms with van der Waals surface area (Å²) in [4.78, 5) is 14.0. The van der Waals surface area contributed by atoms with Gasteiger partial charge in [-0.2, -0.15) is 13.9 Å². The molecule has 2 aliphatic carbocycles. The maximum Gasteiger partial charge on any atom is 0.280 e. The molecule has 26 heavy (non-hydrogen) atoms. The highest BCUT2D eigenvalue weighted by Crippen LogP contribution is 2.60. The standard InChI is InChI=1S/C18H15F4N3O/c1-25(18(26)11-7-23-24-15(11)17(21)22)12-4-2-3-8-9-5-6-10(13(8)12)14(9)16(19)20/h2-4,7,9-10,17H,5-6H2,1H3,(H,23,24). The molecule has 1 saturated carbocycles. The van der Waals surface area contributed by atoms with Crippen LogP contribution in [0.4, 0.5) is 23.2 Å². The molecule has 1 aromatic carbocycles. The van der Waals surface area contributed by atoms with Crippen molar-refractivity contribution in [2.75, 3.05) is 11.9 Å². The molecule has 136 valence electrons. The zero-order valence-corrected chi connectivity index (χ0v) is 13.8. The minimum Gasteiger partial charge on any atom is -0.311 e. The number of anilines is 1. The number of rotatable bonds is 3. The molecular formula is C18H15F4N3O. The lowest BCUT2D eigenvalue weighted by atomic mass is 9.90. The number of carbonyl (C=O) groups excluding carboxylic acids is 1. The van der Waals surface area contributed by atoms with Crippen molar-refractivity contribution < 1.29 is 22.4 Å². The van der Waals surface area contributed by atoms with Crippen molar-refractivity contribution in [1.82, 2.24) is 10.2 Å². The van der Waals surface area contributed by atoms with Crippen molar-refractivity contribution in [3.8, 4) is 0 Å². The van der Waals surface area contributed by atoms with E-state index < -0.39 is 30.0 Å². The van der Waals surface area contributed by atoms with E-state index in [1.165, 1.54) is 11.9 Å². The lowest BCUT2D eigenvalue weighted by molar-refractivity contribution is 0.0977. The summed E-state index contributed by atoms with van der Waals surface area (Å²) in [5.74, 6) is -1.41. The summed E-state index contributed by atoms with van der Waals surface area (Å²) in [6, 6.07) is 5.16. The highest BCUT2D eigenvalue weighted by atomic mass is 19.3. The van der Waals surface area contributed by atoms with Crippen LogP contribution >= 0.6 is 0 Å². The first-order valence-electron chi connectivity index (χ1n) is 8.19. The first kappa shape index (κ1) is 16.8. The van der Waals surface area contributed by atoms with E-state index in [2.05, 4.69) is 10.2 Å². The summed E-state index contributed by atoms with van der Waals surface area (Å²) >= 11 is 0. The van der Waals surface area contributed by atoms with Crippen molar-refractivity contribution >= 4 is 11.6 Å². The number of fused-ring (bicyclic) bond motifs is 5. The molecule has 4 nitrogen and oxygen atoms in total. The highest BCUT2D eigenvalue weighted by Gasteiger charge is 2.46. The Morgan fingerprint density at radius 3 is 2.69 bits per heavy atom. The Bertz CT molecular complexity index is 917. The predicted octanol–water partition coefficient (Wildman–Crippen LogP) is 4.75. The van der Waals surface area contributed by atoms with Gasteiger partial charge in [-0.25, -0.2) is 8.78 Å². The van der Waals surface area contributed by atoms with Crippen molar-refractivity contribution in [3.63, 3.8) is 0 Å². The average molecular weight is 365 g/mol. The van der Waals surface area contributed by atoms with Crippen molar-refractivity contribution in [3.05, 3.63) is 58.4 Å². The van der Waals surface area contributed by atoms with Crippen LogP contribution in [0.5, 0.6) is 0 Å². The molecule has 8 heteroatoms. The summed E-state index contributed by atoms with van der Waals surface area (Å²) in [5, 5.41) is 5.67. The first-order valence-corrected chi connectivity index (χ1v) is 8.19. The number of carbonyl (C=O) groups is 1. The molecule has 1 fully saturated rings. The Hall–Kier alpha value is -2.64. The molecule has 1 aromatic heterocycles. The van der Waals surface area contributed by atoms with E-state index in [9.17, 15) is 22.4 Å². The molecule has 0 spiro atoms. The summed E-state index contributed by atoms with van der Waals surface area (Å²) in [7, 11) is 1.46. The third kappa shape index (κ3) is 2.28. The van der Waals surface area contributed by atoms with E-state index in [4.69, 9.17) is 0 Å². The van der Waals surface area contributed by atoms with Crippen molar-refractivity contribution in [2.45, 2.75) is 31.1 Å². The van der Waals surface area contributed by atoms with Crippen LogP contribution in [0.15, 0.2) is 36.0 Å². The summed E-state index contributed by atoms with van der Waals surface area (Å²) in [6.45, 7) is 0. The zero-order chi connectivity index (χ0) is 18.6. The lowest BCUT2D eigenvalue weighted by Gasteiger charge is -2.24. The van der Waals surface area contributed by atoms with Crippen LogP contribution in [-0.2, 0) is 0 Å². The van der Waals surface area contributed by atoms with E-state index >= 15 is 0 Å². The van der Waals surface area contributed by atoms with Crippen LogP contribution in [0, 0.1) is 0 Å². The van der Waals surface area contributed by atoms with Gasteiger partial charge in [0, 0.05) is 30.1 Å². The minimum absolute atomic E-state index is 0.130. The van der Waals surface area contributed by atoms with Gasteiger partial charge in [-0.05, 0) is 30.0 Å². The number of hydrogen-bond acceptors (Lipinski definition) is 2. The van der Waals surface area contributed by atoms with Gasteiger partial charge >= 0.3 is 0 Å².